The van der Waals surface area contributed by atoms with Crippen molar-refractivity contribution < 1.29 is 9.53 Å². The number of esters is 1. The largest absolute Gasteiger partial charge is 0.462 e. The summed E-state index contributed by atoms with van der Waals surface area (Å²) in [5, 5.41) is 0. The summed E-state index contributed by atoms with van der Waals surface area (Å²) in [6.45, 7) is 5.71. The molecule has 1 saturated heterocycles. The van der Waals surface area contributed by atoms with Crippen molar-refractivity contribution in [1.82, 2.24) is 0 Å². The molecule has 0 unspecified atom stereocenters. The molecule has 1 aliphatic heterocycles. The highest BCUT2D eigenvalue weighted by Gasteiger charge is 2.40. The number of carbonyl (C=O) groups excluding carboxylic acids is 1. The Labute approximate surface area is 95.9 Å². The fourth-order valence-electron chi connectivity index (χ4n) is 2.28. The summed E-state index contributed by atoms with van der Waals surface area (Å²) >= 11 is 0. The van der Waals surface area contributed by atoms with E-state index in [0.29, 0.717) is 0 Å². The Bertz CT molecular complexity index is 383. The number of hydrogen-bond acceptors (Lipinski definition) is 2. The molecule has 0 bridgehead atoms. The number of rotatable bonds is 3. The number of hydrogen-bond donors (Lipinski definition) is 0. The minimum absolute atomic E-state index is 0.0429. The van der Waals surface area contributed by atoms with E-state index in [2.05, 4.69) is 6.58 Å². The Morgan fingerprint density at radius 3 is 2.69 bits per heavy atom. The van der Waals surface area contributed by atoms with Gasteiger partial charge in [-0.25, -0.2) is 0 Å². The third-order valence-electron chi connectivity index (χ3n) is 3.18. The summed E-state index contributed by atoms with van der Waals surface area (Å²) in [4.78, 5) is 11.7. The van der Waals surface area contributed by atoms with Crippen molar-refractivity contribution in [3.63, 3.8) is 0 Å². The second-order valence-corrected chi connectivity index (χ2v) is 4.25. The van der Waals surface area contributed by atoms with Gasteiger partial charge >= 0.3 is 5.97 Å². The Morgan fingerprint density at radius 2 is 2.06 bits per heavy atom. The first-order valence-electron chi connectivity index (χ1n) is 5.59. The van der Waals surface area contributed by atoms with Crippen LogP contribution in [-0.2, 0) is 16.0 Å². The van der Waals surface area contributed by atoms with Gasteiger partial charge in [-0.2, -0.15) is 0 Å². The molecule has 2 nitrogen and oxygen atoms in total. The molecule has 0 spiro atoms. The molecule has 1 aromatic rings. The summed E-state index contributed by atoms with van der Waals surface area (Å²) in [6.07, 6.45) is 2.53. The maximum Gasteiger partial charge on any atom is 0.310 e. The molecule has 0 aromatic heterocycles. The molecule has 2 heteroatoms. The highest BCUT2D eigenvalue weighted by Crippen LogP contribution is 2.31. The standard InChI is InChI=1S/C14H16O2/c1-3-12-10(2)16-14(15)13(12)9-11-7-5-4-6-8-11/h3-8,10,12-13H,1,9H2,2H3/t10-,12-,13+/m0/s1. The van der Waals surface area contributed by atoms with Gasteiger partial charge in [0.15, 0.2) is 0 Å². The zero-order valence-corrected chi connectivity index (χ0v) is 9.43. The van der Waals surface area contributed by atoms with Crippen molar-refractivity contribution in [2.24, 2.45) is 11.8 Å². The number of ether oxygens (including phenoxy) is 1. The minimum atomic E-state index is -0.0961. The van der Waals surface area contributed by atoms with E-state index in [1.54, 1.807) is 0 Å². The van der Waals surface area contributed by atoms with Crippen LogP contribution in [0, 0.1) is 11.8 Å². The first-order chi connectivity index (χ1) is 7.72. The Balaban J connectivity index is 2.14. The monoisotopic (exact) mass is 216 g/mol. The molecule has 1 heterocycles. The fraction of sp³-hybridized carbons (Fsp3) is 0.357. The van der Waals surface area contributed by atoms with Gasteiger partial charge in [-0.05, 0) is 18.9 Å². The predicted octanol–water partition coefficient (Wildman–Crippen LogP) is 2.59. The van der Waals surface area contributed by atoms with Crippen LogP contribution in [0.3, 0.4) is 0 Å². The van der Waals surface area contributed by atoms with E-state index in [1.807, 2.05) is 43.3 Å². The first-order valence-corrected chi connectivity index (χ1v) is 5.59. The number of cyclic esters (lactones) is 1. The molecule has 0 radical (unpaired) electrons. The lowest BCUT2D eigenvalue weighted by atomic mass is 9.86. The molecular formula is C14H16O2. The Morgan fingerprint density at radius 1 is 1.38 bits per heavy atom. The molecule has 0 saturated carbocycles. The highest BCUT2D eigenvalue weighted by atomic mass is 16.6. The van der Waals surface area contributed by atoms with Crippen LogP contribution in [0.1, 0.15) is 12.5 Å². The van der Waals surface area contributed by atoms with Gasteiger partial charge in [-0.15, -0.1) is 6.58 Å². The molecule has 1 aromatic carbocycles. The van der Waals surface area contributed by atoms with E-state index >= 15 is 0 Å². The number of benzene rings is 1. The van der Waals surface area contributed by atoms with Crippen molar-refractivity contribution in [3.8, 4) is 0 Å². The van der Waals surface area contributed by atoms with Gasteiger partial charge in [-0.3, -0.25) is 4.79 Å². The molecule has 0 aliphatic carbocycles. The molecule has 3 atom stereocenters. The van der Waals surface area contributed by atoms with Crippen LogP contribution in [0.2, 0.25) is 0 Å². The van der Waals surface area contributed by atoms with E-state index in [4.69, 9.17) is 4.74 Å². The van der Waals surface area contributed by atoms with E-state index in [9.17, 15) is 4.79 Å². The summed E-state index contributed by atoms with van der Waals surface area (Å²) in [7, 11) is 0. The van der Waals surface area contributed by atoms with Crippen LogP contribution in [0.5, 0.6) is 0 Å². The third kappa shape index (κ3) is 2.01. The lowest BCUT2D eigenvalue weighted by Crippen LogP contribution is -2.19. The molecule has 16 heavy (non-hydrogen) atoms. The van der Waals surface area contributed by atoms with Gasteiger partial charge in [-0.1, -0.05) is 36.4 Å². The van der Waals surface area contributed by atoms with E-state index < -0.39 is 0 Å². The summed E-state index contributed by atoms with van der Waals surface area (Å²) in [5.41, 5.74) is 1.17. The maximum absolute atomic E-state index is 11.7. The van der Waals surface area contributed by atoms with Gasteiger partial charge in [0.25, 0.3) is 0 Å². The van der Waals surface area contributed by atoms with Crippen molar-refractivity contribution in [2.75, 3.05) is 0 Å². The van der Waals surface area contributed by atoms with Crippen molar-refractivity contribution in [3.05, 3.63) is 48.6 Å². The van der Waals surface area contributed by atoms with Gasteiger partial charge in [0.05, 0.1) is 5.92 Å². The van der Waals surface area contributed by atoms with Crippen LogP contribution < -0.4 is 0 Å². The van der Waals surface area contributed by atoms with Crippen LogP contribution >= 0.6 is 0 Å². The summed E-state index contributed by atoms with van der Waals surface area (Å²) in [5.74, 6) is -0.0381. The molecule has 84 valence electrons. The fourth-order valence-corrected chi connectivity index (χ4v) is 2.28. The average Bonchev–Trinajstić information content (AvgIpc) is 2.55. The molecule has 0 amide bonds. The predicted molar refractivity (Wildman–Crippen MR) is 62.9 cm³/mol. The zero-order chi connectivity index (χ0) is 11.5. The first kappa shape index (κ1) is 10.9. The molecule has 1 fully saturated rings. The van der Waals surface area contributed by atoms with Gasteiger partial charge < -0.3 is 4.74 Å². The highest BCUT2D eigenvalue weighted by molar-refractivity contribution is 5.76. The number of carbonyl (C=O) groups is 1. The van der Waals surface area contributed by atoms with E-state index in [1.165, 1.54) is 5.56 Å². The molecule has 0 N–H and O–H groups in total. The van der Waals surface area contributed by atoms with Gasteiger partial charge in [0.1, 0.15) is 6.10 Å². The van der Waals surface area contributed by atoms with E-state index in [-0.39, 0.29) is 23.9 Å². The molecular weight excluding hydrogens is 200 g/mol. The Kier molecular flexibility index (Phi) is 3.09. The van der Waals surface area contributed by atoms with Crippen molar-refractivity contribution >= 4 is 5.97 Å². The van der Waals surface area contributed by atoms with Crippen LogP contribution in [0.15, 0.2) is 43.0 Å². The normalized spacial score (nSPS) is 28.8. The van der Waals surface area contributed by atoms with Crippen molar-refractivity contribution in [1.29, 1.82) is 0 Å². The molecule has 2 rings (SSSR count). The second-order valence-electron chi connectivity index (χ2n) is 4.25. The average molecular weight is 216 g/mol. The topological polar surface area (TPSA) is 26.3 Å². The smallest absolute Gasteiger partial charge is 0.310 e. The summed E-state index contributed by atoms with van der Waals surface area (Å²) in [6, 6.07) is 10.0. The quantitative estimate of drug-likeness (QED) is 0.573. The van der Waals surface area contributed by atoms with Crippen LogP contribution in [0.25, 0.3) is 0 Å². The van der Waals surface area contributed by atoms with Crippen molar-refractivity contribution in [2.45, 2.75) is 19.4 Å². The molecule has 1 aliphatic rings. The van der Waals surface area contributed by atoms with Crippen LogP contribution in [0.4, 0.5) is 0 Å². The zero-order valence-electron chi connectivity index (χ0n) is 9.43. The lowest BCUT2D eigenvalue weighted by Gasteiger charge is -2.13. The maximum atomic E-state index is 11.7. The van der Waals surface area contributed by atoms with Gasteiger partial charge in [0, 0.05) is 5.92 Å². The Hall–Kier alpha value is -1.57. The lowest BCUT2D eigenvalue weighted by molar-refractivity contribution is -0.143. The SMILES string of the molecule is C=C[C@H]1[C@H](C)OC(=O)[C@@H]1Cc1ccccc1. The minimum Gasteiger partial charge on any atom is -0.462 e. The second kappa shape index (κ2) is 4.52. The summed E-state index contributed by atoms with van der Waals surface area (Å²) < 4.78 is 5.24. The third-order valence-corrected chi connectivity index (χ3v) is 3.18. The van der Waals surface area contributed by atoms with Crippen LogP contribution in [-0.4, -0.2) is 12.1 Å². The van der Waals surface area contributed by atoms with E-state index in [0.717, 1.165) is 6.42 Å². The van der Waals surface area contributed by atoms with Gasteiger partial charge in [0.2, 0.25) is 0 Å².